The molecule has 20 heavy (non-hydrogen) atoms. The maximum absolute atomic E-state index is 11.9. The van der Waals surface area contributed by atoms with E-state index in [2.05, 4.69) is 5.32 Å². The summed E-state index contributed by atoms with van der Waals surface area (Å²) >= 11 is 0. The van der Waals surface area contributed by atoms with E-state index in [9.17, 15) is 9.59 Å². The maximum atomic E-state index is 11.9. The lowest BCUT2D eigenvalue weighted by Crippen LogP contribution is -2.25. The monoisotopic (exact) mass is 280 g/mol. The molecule has 0 radical (unpaired) electrons. The maximum Gasteiger partial charge on any atom is 0.340 e. The number of carbonyl (C=O) groups excluding carboxylic acids is 2. The van der Waals surface area contributed by atoms with Gasteiger partial charge in [0.05, 0.1) is 11.7 Å². The zero-order valence-corrected chi connectivity index (χ0v) is 12.1. The van der Waals surface area contributed by atoms with Crippen molar-refractivity contribution in [2.45, 2.75) is 26.9 Å². The highest BCUT2D eigenvalue weighted by molar-refractivity contribution is 5.96. The van der Waals surface area contributed by atoms with E-state index in [1.165, 1.54) is 13.1 Å². The molecule has 0 heterocycles. The Kier molecular flexibility index (Phi) is 5.37. The van der Waals surface area contributed by atoms with E-state index in [0.29, 0.717) is 17.0 Å². The number of hydrogen-bond acceptors (Lipinski definition) is 5. The predicted molar refractivity (Wildman–Crippen MR) is 75.7 cm³/mol. The third-order valence-corrected chi connectivity index (χ3v) is 2.57. The Labute approximate surface area is 118 Å². The third-order valence-electron chi connectivity index (χ3n) is 2.57. The van der Waals surface area contributed by atoms with Gasteiger partial charge in [-0.2, -0.15) is 0 Å². The summed E-state index contributed by atoms with van der Waals surface area (Å²) in [5, 5.41) is 2.44. The summed E-state index contributed by atoms with van der Waals surface area (Å²) in [6, 6.07) is 3.15. The Hall–Kier alpha value is -2.24. The van der Waals surface area contributed by atoms with Gasteiger partial charge in [0.15, 0.2) is 6.61 Å². The fraction of sp³-hybridized carbons (Fsp3) is 0.429. The van der Waals surface area contributed by atoms with Gasteiger partial charge in [-0.05, 0) is 38.5 Å². The van der Waals surface area contributed by atoms with Gasteiger partial charge in [0.1, 0.15) is 5.75 Å². The number of carbonyl (C=O) groups is 2. The van der Waals surface area contributed by atoms with Crippen LogP contribution in [0, 0.1) is 6.92 Å². The fourth-order valence-electron chi connectivity index (χ4n) is 1.52. The molecule has 0 aliphatic rings. The van der Waals surface area contributed by atoms with Crippen LogP contribution >= 0.6 is 0 Å². The van der Waals surface area contributed by atoms with Crippen molar-refractivity contribution in [3.63, 3.8) is 0 Å². The molecule has 1 amide bonds. The number of esters is 1. The van der Waals surface area contributed by atoms with Crippen molar-refractivity contribution < 1.29 is 19.1 Å². The number of nitrogens with one attached hydrogen (secondary N) is 1. The average Bonchev–Trinajstić information content (AvgIpc) is 2.38. The second-order valence-electron chi connectivity index (χ2n) is 4.62. The van der Waals surface area contributed by atoms with Gasteiger partial charge >= 0.3 is 5.97 Å². The molecule has 1 rings (SSSR count). The normalized spacial score (nSPS) is 10.2. The molecule has 0 saturated heterocycles. The summed E-state index contributed by atoms with van der Waals surface area (Å²) in [4.78, 5) is 23.1. The molecule has 1 aromatic rings. The van der Waals surface area contributed by atoms with Crippen LogP contribution in [0.3, 0.4) is 0 Å². The van der Waals surface area contributed by atoms with Crippen LogP contribution in [0.15, 0.2) is 12.1 Å². The number of nitrogen functional groups attached to an aromatic ring is 1. The molecule has 6 nitrogen and oxygen atoms in total. The smallest absolute Gasteiger partial charge is 0.340 e. The number of amides is 1. The fourth-order valence-corrected chi connectivity index (χ4v) is 1.52. The van der Waals surface area contributed by atoms with E-state index >= 15 is 0 Å². The Morgan fingerprint density at radius 1 is 1.35 bits per heavy atom. The van der Waals surface area contributed by atoms with Crippen LogP contribution in [0.5, 0.6) is 5.75 Å². The molecule has 1 aromatic carbocycles. The number of nitrogens with two attached hydrogens (primary N) is 1. The average molecular weight is 280 g/mol. The molecule has 0 aliphatic heterocycles. The number of anilines is 1. The van der Waals surface area contributed by atoms with Gasteiger partial charge in [-0.3, -0.25) is 4.79 Å². The van der Waals surface area contributed by atoms with Gasteiger partial charge in [-0.25, -0.2) is 4.79 Å². The van der Waals surface area contributed by atoms with Crippen molar-refractivity contribution in [2.24, 2.45) is 0 Å². The summed E-state index contributed by atoms with van der Waals surface area (Å²) in [7, 11) is 1.52. The number of aryl methyl sites for hydroxylation is 1. The van der Waals surface area contributed by atoms with Crippen molar-refractivity contribution in [3.05, 3.63) is 23.3 Å². The first-order valence-electron chi connectivity index (χ1n) is 6.29. The van der Waals surface area contributed by atoms with E-state index < -0.39 is 5.97 Å². The van der Waals surface area contributed by atoms with Crippen LogP contribution < -0.4 is 15.8 Å². The molecular weight excluding hydrogens is 260 g/mol. The van der Waals surface area contributed by atoms with Crippen molar-refractivity contribution in [2.75, 3.05) is 19.4 Å². The molecule has 0 atom stereocenters. The zero-order chi connectivity index (χ0) is 15.3. The van der Waals surface area contributed by atoms with Gasteiger partial charge in [-0.1, -0.05) is 0 Å². The first kappa shape index (κ1) is 15.8. The quantitative estimate of drug-likeness (QED) is 0.626. The topological polar surface area (TPSA) is 90.6 Å². The summed E-state index contributed by atoms with van der Waals surface area (Å²) in [6.07, 6.45) is -0.238. The SMILES string of the molecule is CNC(=O)COc1cc(C)c(N)c(C(=O)OC(C)C)c1. The van der Waals surface area contributed by atoms with Crippen LogP contribution in [0.4, 0.5) is 5.69 Å². The molecule has 0 saturated carbocycles. The minimum atomic E-state index is -0.508. The van der Waals surface area contributed by atoms with Crippen molar-refractivity contribution in [1.82, 2.24) is 5.32 Å². The van der Waals surface area contributed by atoms with Gasteiger partial charge < -0.3 is 20.5 Å². The zero-order valence-electron chi connectivity index (χ0n) is 12.1. The largest absolute Gasteiger partial charge is 0.484 e. The molecule has 0 fully saturated rings. The van der Waals surface area contributed by atoms with Crippen LogP contribution in [-0.4, -0.2) is 31.6 Å². The highest BCUT2D eigenvalue weighted by Gasteiger charge is 2.16. The van der Waals surface area contributed by atoms with Gasteiger partial charge in [0, 0.05) is 12.7 Å². The van der Waals surface area contributed by atoms with E-state index in [0.717, 1.165) is 0 Å². The Bertz CT molecular complexity index is 512. The lowest BCUT2D eigenvalue weighted by atomic mass is 10.1. The van der Waals surface area contributed by atoms with Crippen LogP contribution in [-0.2, 0) is 9.53 Å². The minimum Gasteiger partial charge on any atom is -0.484 e. The van der Waals surface area contributed by atoms with E-state index in [1.807, 2.05) is 0 Å². The Morgan fingerprint density at radius 2 is 2.00 bits per heavy atom. The molecule has 6 heteroatoms. The molecule has 0 aromatic heterocycles. The second-order valence-corrected chi connectivity index (χ2v) is 4.62. The van der Waals surface area contributed by atoms with Crippen molar-refractivity contribution >= 4 is 17.6 Å². The van der Waals surface area contributed by atoms with Gasteiger partial charge in [-0.15, -0.1) is 0 Å². The minimum absolute atomic E-state index is 0.126. The summed E-state index contributed by atoms with van der Waals surface area (Å²) in [5.41, 5.74) is 7.16. The summed E-state index contributed by atoms with van der Waals surface area (Å²) < 4.78 is 10.4. The van der Waals surface area contributed by atoms with E-state index in [-0.39, 0.29) is 24.2 Å². The first-order chi connectivity index (χ1) is 9.35. The lowest BCUT2D eigenvalue weighted by molar-refractivity contribution is -0.122. The molecule has 0 unspecified atom stereocenters. The highest BCUT2D eigenvalue weighted by Crippen LogP contribution is 2.25. The molecule has 0 aliphatic carbocycles. The van der Waals surface area contributed by atoms with Crippen molar-refractivity contribution in [1.29, 1.82) is 0 Å². The van der Waals surface area contributed by atoms with Gasteiger partial charge in [0.2, 0.25) is 0 Å². The molecule has 0 spiro atoms. The third kappa shape index (κ3) is 4.15. The van der Waals surface area contributed by atoms with Crippen molar-refractivity contribution in [3.8, 4) is 5.75 Å². The van der Waals surface area contributed by atoms with Crippen LogP contribution in [0.25, 0.3) is 0 Å². The number of benzene rings is 1. The summed E-state index contributed by atoms with van der Waals surface area (Å²) in [5.74, 6) is -0.368. The molecule has 110 valence electrons. The molecule has 0 bridgehead atoms. The number of hydrogen-bond donors (Lipinski definition) is 2. The lowest BCUT2D eigenvalue weighted by Gasteiger charge is -2.13. The van der Waals surface area contributed by atoms with Crippen LogP contribution in [0.1, 0.15) is 29.8 Å². The second kappa shape index (κ2) is 6.79. The molecule has 3 N–H and O–H groups in total. The Balaban J connectivity index is 2.97. The Morgan fingerprint density at radius 3 is 2.55 bits per heavy atom. The van der Waals surface area contributed by atoms with Gasteiger partial charge in [0.25, 0.3) is 5.91 Å². The summed E-state index contributed by atoms with van der Waals surface area (Å²) in [6.45, 7) is 5.15. The number of rotatable bonds is 5. The number of ether oxygens (including phenoxy) is 2. The highest BCUT2D eigenvalue weighted by atomic mass is 16.5. The number of likely N-dealkylation sites (N-methyl/N-ethyl adjacent to an activating group) is 1. The first-order valence-corrected chi connectivity index (χ1v) is 6.29. The van der Waals surface area contributed by atoms with E-state index in [1.54, 1.807) is 26.8 Å². The predicted octanol–water partition coefficient (Wildman–Crippen LogP) is 1.27. The standard InChI is InChI=1S/C14H20N2O4/c1-8(2)20-14(18)11-6-10(5-9(3)13(11)15)19-7-12(17)16-4/h5-6,8H,7,15H2,1-4H3,(H,16,17). The van der Waals surface area contributed by atoms with E-state index in [4.69, 9.17) is 15.2 Å². The van der Waals surface area contributed by atoms with Crippen LogP contribution in [0.2, 0.25) is 0 Å². The molecular formula is C14H20N2O4.